The Morgan fingerprint density at radius 3 is 2.41 bits per heavy atom. The van der Waals surface area contributed by atoms with Gasteiger partial charge < -0.3 is 9.47 Å². The zero-order valence-electron chi connectivity index (χ0n) is 22.1. The molecular formula is C31H26ClN5O3S. The molecule has 0 radical (unpaired) electrons. The van der Waals surface area contributed by atoms with Crippen LogP contribution in [0.1, 0.15) is 11.1 Å². The van der Waals surface area contributed by atoms with Crippen molar-refractivity contribution in [2.45, 2.75) is 11.8 Å². The number of hydrogen-bond donors (Lipinski definition) is 1. The first kappa shape index (κ1) is 27.9. The Labute approximate surface area is 247 Å². The summed E-state index contributed by atoms with van der Waals surface area (Å²) in [4.78, 5) is 12.6. The lowest BCUT2D eigenvalue weighted by Crippen LogP contribution is -2.20. The number of hydrogen-bond acceptors (Lipinski definition) is 7. The number of ether oxygens (including phenoxy) is 2. The number of rotatable bonds is 11. The van der Waals surface area contributed by atoms with Crippen LogP contribution in [-0.2, 0) is 11.4 Å². The second kappa shape index (κ2) is 13.6. The van der Waals surface area contributed by atoms with E-state index in [2.05, 4.69) is 20.7 Å². The quantitative estimate of drug-likeness (QED) is 0.110. The monoisotopic (exact) mass is 583 g/mol. The highest BCUT2D eigenvalue weighted by atomic mass is 35.5. The largest absolute Gasteiger partial charge is 0.493 e. The van der Waals surface area contributed by atoms with Crippen LogP contribution in [0.4, 0.5) is 0 Å². The summed E-state index contributed by atoms with van der Waals surface area (Å²) in [5.41, 5.74) is 6.11. The third kappa shape index (κ3) is 7.33. The number of thioether (sulfide) groups is 1. The predicted molar refractivity (Wildman–Crippen MR) is 162 cm³/mol. The Morgan fingerprint density at radius 1 is 0.951 bits per heavy atom. The van der Waals surface area contributed by atoms with Crippen molar-refractivity contribution in [3.63, 3.8) is 0 Å². The van der Waals surface area contributed by atoms with Crippen molar-refractivity contribution in [3.8, 4) is 28.6 Å². The van der Waals surface area contributed by atoms with Crippen molar-refractivity contribution in [1.29, 1.82) is 0 Å². The average molecular weight is 584 g/mol. The lowest BCUT2D eigenvalue weighted by Gasteiger charge is -2.11. The molecule has 1 N–H and O–H groups in total. The van der Waals surface area contributed by atoms with E-state index in [0.29, 0.717) is 34.1 Å². The van der Waals surface area contributed by atoms with Gasteiger partial charge in [0.2, 0.25) is 0 Å². The third-order valence-electron chi connectivity index (χ3n) is 5.91. The zero-order valence-corrected chi connectivity index (χ0v) is 23.7. The first-order valence-electron chi connectivity index (χ1n) is 12.7. The number of halogens is 1. The average Bonchev–Trinajstić information content (AvgIpc) is 3.44. The van der Waals surface area contributed by atoms with Gasteiger partial charge >= 0.3 is 0 Å². The summed E-state index contributed by atoms with van der Waals surface area (Å²) in [7, 11) is 1.59. The van der Waals surface area contributed by atoms with E-state index in [0.717, 1.165) is 22.4 Å². The van der Waals surface area contributed by atoms with Crippen LogP contribution in [0.15, 0.2) is 113 Å². The van der Waals surface area contributed by atoms with Crippen molar-refractivity contribution >= 4 is 35.5 Å². The van der Waals surface area contributed by atoms with Crippen LogP contribution in [0.3, 0.4) is 0 Å². The van der Waals surface area contributed by atoms with Gasteiger partial charge in [-0.2, -0.15) is 5.10 Å². The topological polar surface area (TPSA) is 90.6 Å². The molecule has 0 spiro atoms. The van der Waals surface area contributed by atoms with Crippen molar-refractivity contribution in [2.24, 2.45) is 5.10 Å². The molecule has 0 bridgehead atoms. The van der Waals surface area contributed by atoms with Crippen LogP contribution in [0.5, 0.6) is 11.5 Å². The Hall–Kier alpha value is -4.60. The van der Waals surface area contributed by atoms with E-state index < -0.39 is 0 Å². The maximum atomic E-state index is 12.6. The molecule has 0 fully saturated rings. The zero-order chi connectivity index (χ0) is 28.4. The highest BCUT2D eigenvalue weighted by Crippen LogP contribution is 2.29. The van der Waals surface area contributed by atoms with Crippen LogP contribution < -0.4 is 14.9 Å². The number of aromatic nitrogens is 3. The number of methoxy groups -OCH3 is 1. The first-order valence-corrected chi connectivity index (χ1v) is 14.0. The van der Waals surface area contributed by atoms with Gasteiger partial charge in [0.1, 0.15) is 6.61 Å². The number of benzene rings is 4. The fraction of sp³-hybridized carbons (Fsp3) is 0.0968. The smallest absolute Gasteiger partial charge is 0.250 e. The van der Waals surface area contributed by atoms with Gasteiger partial charge in [-0.15, -0.1) is 10.2 Å². The Morgan fingerprint density at radius 2 is 1.68 bits per heavy atom. The van der Waals surface area contributed by atoms with E-state index in [1.807, 2.05) is 89.5 Å². The van der Waals surface area contributed by atoms with Crippen molar-refractivity contribution in [2.75, 3.05) is 12.9 Å². The SMILES string of the molecule is COc1ccc(/C=N\NC(=O)CSc2nnc(-c3ccccc3)n2-c2ccc(Cl)cc2)cc1OCc1ccccc1. The highest BCUT2D eigenvalue weighted by Gasteiger charge is 2.17. The number of amides is 1. The van der Waals surface area contributed by atoms with Crippen LogP contribution in [-0.4, -0.2) is 39.7 Å². The Bertz CT molecular complexity index is 1630. The number of hydrazone groups is 1. The minimum absolute atomic E-state index is 0.0892. The van der Waals surface area contributed by atoms with Gasteiger partial charge in [-0.1, -0.05) is 84.0 Å². The maximum Gasteiger partial charge on any atom is 0.250 e. The standard InChI is InChI=1S/C31H26ClN5O3S/c1-39-27-17-12-23(18-28(27)40-20-22-8-4-2-5-9-22)19-33-34-29(38)21-41-31-36-35-30(24-10-6-3-7-11-24)37(31)26-15-13-25(32)14-16-26/h2-19H,20-21H2,1H3,(H,34,38)/b33-19-. The molecule has 206 valence electrons. The van der Waals surface area contributed by atoms with Gasteiger partial charge in [0.15, 0.2) is 22.5 Å². The van der Waals surface area contributed by atoms with Gasteiger partial charge in [0.25, 0.3) is 5.91 Å². The lowest BCUT2D eigenvalue weighted by atomic mass is 10.2. The van der Waals surface area contributed by atoms with E-state index in [4.69, 9.17) is 21.1 Å². The molecule has 0 aliphatic carbocycles. The van der Waals surface area contributed by atoms with E-state index in [1.165, 1.54) is 11.8 Å². The second-order valence-electron chi connectivity index (χ2n) is 8.75. The fourth-order valence-corrected chi connectivity index (χ4v) is 4.79. The summed E-state index contributed by atoms with van der Waals surface area (Å²) < 4.78 is 13.3. The normalized spacial score (nSPS) is 11.0. The molecule has 0 atom stereocenters. The molecule has 10 heteroatoms. The summed E-state index contributed by atoms with van der Waals surface area (Å²) in [5, 5.41) is 14.1. The third-order valence-corrected chi connectivity index (χ3v) is 7.09. The Kier molecular flexibility index (Phi) is 9.30. The number of nitrogens with zero attached hydrogens (tertiary/aromatic N) is 4. The van der Waals surface area contributed by atoms with Crippen LogP contribution in [0.25, 0.3) is 17.1 Å². The van der Waals surface area contributed by atoms with E-state index in [1.54, 1.807) is 31.5 Å². The summed E-state index contributed by atoms with van der Waals surface area (Å²) in [5.74, 6) is 1.66. The first-order chi connectivity index (χ1) is 20.1. The molecule has 0 saturated carbocycles. The fourth-order valence-electron chi connectivity index (χ4n) is 3.92. The van der Waals surface area contributed by atoms with Gasteiger partial charge in [-0.05, 0) is 53.6 Å². The van der Waals surface area contributed by atoms with E-state index in [9.17, 15) is 4.79 Å². The van der Waals surface area contributed by atoms with Crippen molar-refractivity contribution in [1.82, 2.24) is 20.2 Å². The molecule has 8 nitrogen and oxygen atoms in total. The van der Waals surface area contributed by atoms with Crippen molar-refractivity contribution < 1.29 is 14.3 Å². The van der Waals surface area contributed by atoms with Gasteiger partial charge in [0.05, 0.1) is 19.1 Å². The predicted octanol–water partition coefficient (Wildman–Crippen LogP) is 6.42. The van der Waals surface area contributed by atoms with E-state index in [-0.39, 0.29) is 11.7 Å². The molecule has 0 unspecified atom stereocenters. The Balaban J connectivity index is 1.24. The van der Waals surface area contributed by atoms with E-state index >= 15 is 0 Å². The summed E-state index contributed by atoms with van der Waals surface area (Å²) in [6.07, 6.45) is 1.56. The molecule has 4 aromatic carbocycles. The minimum Gasteiger partial charge on any atom is -0.493 e. The molecule has 0 aliphatic rings. The molecule has 1 heterocycles. The molecule has 1 aromatic heterocycles. The lowest BCUT2D eigenvalue weighted by molar-refractivity contribution is -0.118. The summed E-state index contributed by atoms with van der Waals surface area (Å²) in [6.45, 7) is 0.401. The van der Waals surface area contributed by atoms with Gasteiger partial charge in [0, 0.05) is 16.3 Å². The molecular weight excluding hydrogens is 558 g/mol. The van der Waals surface area contributed by atoms with Gasteiger partial charge in [-0.3, -0.25) is 9.36 Å². The maximum absolute atomic E-state index is 12.6. The molecule has 1 amide bonds. The van der Waals surface area contributed by atoms with Crippen molar-refractivity contribution in [3.05, 3.63) is 119 Å². The van der Waals surface area contributed by atoms with Gasteiger partial charge in [-0.25, -0.2) is 5.43 Å². The number of carbonyl (C=O) groups is 1. The second-order valence-corrected chi connectivity index (χ2v) is 10.1. The summed E-state index contributed by atoms with van der Waals surface area (Å²) in [6, 6.07) is 32.4. The van der Waals surface area contributed by atoms with Crippen LogP contribution in [0, 0.1) is 0 Å². The number of nitrogens with one attached hydrogen (secondary N) is 1. The molecule has 0 aliphatic heterocycles. The molecule has 41 heavy (non-hydrogen) atoms. The van der Waals surface area contributed by atoms with Crippen LogP contribution in [0.2, 0.25) is 5.02 Å². The summed E-state index contributed by atoms with van der Waals surface area (Å²) >= 11 is 7.37. The highest BCUT2D eigenvalue weighted by molar-refractivity contribution is 7.99. The molecule has 5 rings (SSSR count). The molecule has 0 saturated heterocycles. The number of carbonyl (C=O) groups excluding carboxylic acids is 1. The van der Waals surface area contributed by atoms with Crippen LogP contribution >= 0.6 is 23.4 Å². The minimum atomic E-state index is -0.285. The molecule has 5 aromatic rings.